The number of carbonyl (C=O) groups is 2. The molecule has 122 valence electrons. The van der Waals surface area contributed by atoms with Crippen molar-refractivity contribution in [2.75, 3.05) is 19.7 Å². The van der Waals surface area contributed by atoms with Crippen LogP contribution in [-0.2, 0) is 14.3 Å². The number of likely N-dealkylation sites (tertiary alicyclic amines) is 1. The molecule has 0 aromatic carbocycles. The van der Waals surface area contributed by atoms with Gasteiger partial charge in [-0.1, -0.05) is 0 Å². The molecule has 2 bridgehead atoms. The minimum absolute atomic E-state index is 0. The molecule has 7 heteroatoms. The van der Waals surface area contributed by atoms with Gasteiger partial charge in [-0.2, -0.15) is 0 Å². The molecule has 6 nitrogen and oxygen atoms in total. The van der Waals surface area contributed by atoms with E-state index in [1.54, 1.807) is 11.8 Å². The van der Waals surface area contributed by atoms with Crippen LogP contribution in [0.25, 0.3) is 0 Å². The van der Waals surface area contributed by atoms with Crippen molar-refractivity contribution in [2.24, 2.45) is 5.92 Å². The zero-order valence-electron chi connectivity index (χ0n) is 13.0. The Hall–Kier alpha value is -1.01. The Labute approximate surface area is 131 Å². The number of nitrogens with zero attached hydrogens (tertiary/aromatic N) is 1. The zero-order valence-corrected chi connectivity index (χ0v) is 13.9. The van der Waals surface area contributed by atoms with Crippen LogP contribution in [0.2, 0.25) is 0 Å². The van der Waals surface area contributed by atoms with E-state index in [-0.39, 0.29) is 30.3 Å². The van der Waals surface area contributed by atoms with Crippen LogP contribution in [-0.4, -0.2) is 54.3 Å². The van der Waals surface area contributed by atoms with Crippen LogP contribution in [0.15, 0.2) is 0 Å². The summed E-state index contributed by atoms with van der Waals surface area (Å²) in [5.74, 6) is -0.213. The number of hydrogen-bond acceptors (Lipinski definition) is 5. The van der Waals surface area contributed by atoms with E-state index in [0.29, 0.717) is 13.2 Å². The van der Waals surface area contributed by atoms with Gasteiger partial charge in [0, 0.05) is 25.0 Å². The highest BCUT2D eigenvalue weighted by Gasteiger charge is 2.51. The molecule has 21 heavy (non-hydrogen) atoms. The smallest absolute Gasteiger partial charge is 0.411 e. The quantitative estimate of drug-likeness (QED) is 0.782. The number of amides is 1. The van der Waals surface area contributed by atoms with Gasteiger partial charge in [0.15, 0.2) is 0 Å². The highest BCUT2D eigenvalue weighted by Crippen LogP contribution is 2.34. The maximum Gasteiger partial charge on any atom is 0.411 e. The fraction of sp³-hybridized carbons (Fsp3) is 0.857. The summed E-state index contributed by atoms with van der Waals surface area (Å²) < 4.78 is 10.6. The Morgan fingerprint density at radius 3 is 2.52 bits per heavy atom. The lowest BCUT2D eigenvalue weighted by Crippen LogP contribution is -2.49. The third kappa shape index (κ3) is 4.01. The van der Waals surface area contributed by atoms with Crippen molar-refractivity contribution in [3.8, 4) is 0 Å². The summed E-state index contributed by atoms with van der Waals surface area (Å²) in [6, 6.07) is -0.511. The van der Waals surface area contributed by atoms with Gasteiger partial charge in [0.2, 0.25) is 0 Å². The van der Waals surface area contributed by atoms with Gasteiger partial charge in [0.05, 0.1) is 6.61 Å². The summed E-state index contributed by atoms with van der Waals surface area (Å²) in [5.41, 5.74) is -0.569. The molecule has 2 aliphatic heterocycles. The van der Waals surface area contributed by atoms with Crippen molar-refractivity contribution in [1.29, 1.82) is 0 Å². The second-order valence-electron chi connectivity index (χ2n) is 6.39. The molecule has 0 saturated carbocycles. The topological polar surface area (TPSA) is 67.9 Å². The molecule has 0 spiro atoms. The first-order chi connectivity index (χ1) is 9.33. The molecule has 0 radical (unpaired) electrons. The summed E-state index contributed by atoms with van der Waals surface area (Å²) in [5, 5.41) is 3.26. The lowest BCUT2D eigenvalue weighted by atomic mass is 9.96. The fourth-order valence-corrected chi connectivity index (χ4v) is 2.97. The van der Waals surface area contributed by atoms with Gasteiger partial charge in [-0.25, -0.2) is 9.59 Å². The molecule has 2 rings (SSSR count). The summed E-state index contributed by atoms with van der Waals surface area (Å²) in [6.07, 6.45) is 0.405. The third-order valence-corrected chi connectivity index (χ3v) is 3.63. The highest BCUT2D eigenvalue weighted by molar-refractivity contribution is 5.85. The molecule has 2 aliphatic rings. The monoisotopic (exact) mass is 320 g/mol. The van der Waals surface area contributed by atoms with Crippen LogP contribution in [0.1, 0.15) is 34.1 Å². The SMILES string of the molecule is CCOC(=O)C1C2CNCC(C2)N1C(=O)OC(C)(C)C.Cl. The molecular formula is C14H25ClN2O4. The van der Waals surface area contributed by atoms with Crippen molar-refractivity contribution in [1.82, 2.24) is 10.2 Å². The largest absolute Gasteiger partial charge is 0.464 e. The molecule has 2 heterocycles. The molecule has 2 saturated heterocycles. The number of rotatable bonds is 2. The van der Waals surface area contributed by atoms with E-state index >= 15 is 0 Å². The number of piperidine rings is 1. The first-order valence-electron chi connectivity index (χ1n) is 7.22. The number of esters is 1. The normalized spacial score (nSPS) is 27.8. The minimum Gasteiger partial charge on any atom is -0.464 e. The Morgan fingerprint density at radius 2 is 1.95 bits per heavy atom. The highest BCUT2D eigenvalue weighted by atomic mass is 35.5. The van der Waals surface area contributed by atoms with E-state index in [1.807, 2.05) is 20.8 Å². The Balaban J connectivity index is 0.00000220. The van der Waals surface area contributed by atoms with Gasteiger partial charge in [-0.15, -0.1) is 12.4 Å². The molecule has 0 aromatic rings. The van der Waals surface area contributed by atoms with Gasteiger partial charge >= 0.3 is 12.1 Å². The molecule has 3 unspecified atom stereocenters. The van der Waals surface area contributed by atoms with Crippen molar-refractivity contribution in [3.63, 3.8) is 0 Å². The number of nitrogens with one attached hydrogen (secondary N) is 1. The first kappa shape index (κ1) is 18.0. The predicted octanol–water partition coefficient (Wildman–Crippen LogP) is 1.57. The summed E-state index contributed by atoms with van der Waals surface area (Å²) >= 11 is 0. The molecule has 0 aliphatic carbocycles. The molecular weight excluding hydrogens is 296 g/mol. The van der Waals surface area contributed by atoms with Crippen LogP contribution >= 0.6 is 12.4 Å². The van der Waals surface area contributed by atoms with E-state index in [0.717, 1.165) is 13.0 Å². The van der Waals surface area contributed by atoms with E-state index in [1.165, 1.54) is 0 Å². The lowest BCUT2D eigenvalue weighted by Gasteiger charge is -2.31. The molecule has 1 N–H and O–H groups in total. The average molecular weight is 321 g/mol. The lowest BCUT2D eigenvalue weighted by molar-refractivity contribution is -0.149. The average Bonchev–Trinajstić information content (AvgIpc) is 2.58. The van der Waals surface area contributed by atoms with Crippen molar-refractivity contribution in [2.45, 2.75) is 51.8 Å². The number of ether oxygens (including phenoxy) is 2. The summed E-state index contributed by atoms with van der Waals surface area (Å²) in [7, 11) is 0. The van der Waals surface area contributed by atoms with Crippen molar-refractivity contribution < 1.29 is 19.1 Å². The Bertz CT molecular complexity index is 397. The van der Waals surface area contributed by atoms with Gasteiger partial charge in [0.1, 0.15) is 11.6 Å². The second-order valence-corrected chi connectivity index (χ2v) is 6.39. The van der Waals surface area contributed by atoms with Gasteiger partial charge in [-0.05, 0) is 34.1 Å². The van der Waals surface area contributed by atoms with Gasteiger partial charge < -0.3 is 14.8 Å². The van der Waals surface area contributed by atoms with Crippen molar-refractivity contribution >= 4 is 24.5 Å². The number of hydrogen-bond donors (Lipinski definition) is 1. The Morgan fingerprint density at radius 1 is 1.29 bits per heavy atom. The number of carbonyl (C=O) groups excluding carboxylic acids is 2. The first-order valence-corrected chi connectivity index (χ1v) is 7.22. The third-order valence-electron chi connectivity index (χ3n) is 3.63. The second kappa shape index (κ2) is 6.83. The predicted molar refractivity (Wildman–Crippen MR) is 80.5 cm³/mol. The fourth-order valence-electron chi connectivity index (χ4n) is 2.97. The number of fused-ring (bicyclic) bond motifs is 2. The maximum atomic E-state index is 12.4. The minimum atomic E-state index is -0.569. The summed E-state index contributed by atoms with van der Waals surface area (Å²) in [4.78, 5) is 26.1. The van der Waals surface area contributed by atoms with Crippen LogP contribution in [0.5, 0.6) is 0 Å². The standard InChI is InChI=1S/C14H24N2O4.ClH/c1-5-19-12(17)11-9-6-10(8-15-7-9)16(11)13(18)20-14(2,3)4;/h9-11,15H,5-8H2,1-4H3;1H. The molecule has 1 amide bonds. The van der Waals surface area contributed by atoms with E-state index in [4.69, 9.17) is 9.47 Å². The molecule has 2 fully saturated rings. The van der Waals surface area contributed by atoms with Crippen LogP contribution < -0.4 is 5.32 Å². The maximum absolute atomic E-state index is 12.4. The Kier molecular flexibility index (Phi) is 5.87. The van der Waals surface area contributed by atoms with E-state index in [9.17, 15) is 9.59 Å². The zero-order chi connectivity index (χ0) is 14.9. The summed E-state index contributed by atoms with van der Waals surface area (Å²) in [6.45, 7) is 9.00. The van der Waals surface area contributed by atoms with Crippen LogP contribution in [0, 0.1) is 5.92 Å². The van der Waals surface area contributed by atoms with Crippen LogP contribution in [0.4, 0.5) is 4.79 Å². The molecule has 0 aromatic heterocycles. The number of halogens is 1. The molecule has 3 atom stereocenters. The van der Waals surface area contributed by atoms with E-state index in [2.05, 4.69) is 5.32 Å². The van der Waals surface area contributed by atoms with Gasteiger partial charge in [0.25, 0.3) is 0 Å². The van der Waals surface area contributed by atoms with Gasteiger partial charge in [-0.3, -0.25) is 4.90 Å². The van der Waals surface area contributed by atoms with Crippen LogP contribution in [0.3, 0.4) is 0 Å². The van der Waals surface area contributed by atoms with Crippen molar-refractivity contribution in [3.05, 3.63) is 0 Å². The van der Waals surface area contributed by atoms with E-state index < -0.39 is 17.7 Å².